The number of ether oxygens (including phenoxy) is 1. The Kier molecular flexibility index (Phi) is 3.75. The van der Waals surface area contributed by atoms with Gasteiger partial charge in [0, 0.05) is 6.20 Å². The molecule has 0 atom stereocenters. The highest BCUT2D eigenvalue weighted by atomic mass is 16.5. The lowest BCUT2D eigenvalue weighted by molar-refractivity contribution is 0.0947. The molecule has 0 fully saturated rings. The van der Waals surface area contributed by atoms with Crippen molar-refractivity contribution in [1.82, 2.24) is 15.5 Å². The van der Waals surface area contributed by atoms with Crippen LogP contribution in [0.4, 0.5) is 0 Å². The lowest BCUT2D eigenvalue weighted by Crippen LogP contribution is -2.27. The van der Waals surface area contributed by atoms with Crippen LogP contribution in [0, 0.1) is 0 Å². The molecule has 1 aromatic carbocycles. The van der Waals surface area contributed by atoms with Crippen LogP contribution < -0.4 is 10.1 Å². The molecular formula is C12H13N3O2. The Morgan fingerprint density at radius 1 is 1.35 bits per heavy atom. The summed E-state index contributed by atoms with van der Waals surface area (Å²) in [4.78, 5) is 11.5. The molecule has 17 heavy (non-hydrogen) atoms. The number of benzene rings is 1. The maximum Gasteiger partial charge on any atom is 0.254 e. The van der Waals surface area contributed by atoms with Crippen LogP contribution in [-0.4, -0.2) is 29.3 Å². The van der Waals surface area contributed by atoms with Crippen molar-refractivity contribution in [3.63, 3.8) is 0 Å². The monoisotopic (exact) mass is 231 g/mol. The number of para-hydroxylation sites is 1. The van der Waals surface area contributed by atoms with E-state index in [-0.39, 0.29) is 5.91 Å². The average molecular weight is 231 g/mol. The second-order valence-electron chi connectivity index (χ2n) is 3.40. The second-order valence-corrected chi connectivity index (χ2v) is 3.40. The van der Waals surface area contributed by atoms with Crippen molar-refractivity contribution in [2.75, 3.05) is 13.2 Å². The van der Waals surface area contributed by atoms with Crippen LogP contribution >= 0.6 is 0 Å². The van der Waals surface area contributed by atoms with Crippen molar-refractivity contribution in [2.24, 2.45) is 0 Å². The maximum absolute atomic E-state index is 11.5. The zero-order valence-corrected chi connectivity index (χ0v) is 9.22. The molecule has 5 heteroatoms. The van der Waals surface area contributed by atoms with Crippen LogP contribution in [0.15, 0.2) is 42.7 Å². The fourth-order valence-electron chi connectivity index (χ4n) is 1.33. The number of carbonyl (C=O) groups is 1. The largest absolute Gasteiger partial charge is 0.492 e. The molecule has 88 valence electrons. The summed E-state index contributed by atoms with van der Waals surface area (Å²) >= 11 is 0. The summed E-state index contributed by atoms with van der Waals surface area (Å²) in [6.07, 6.45) is 3.03. The molecule has 0 aliphatic heterocycles. The van der Waals surface area contributed by atoms with Gasteiger partial charge in [-0.25, -0.2) is 0 Å². The third kappa shape index (κ3) is 3.34. The van der Waals surface area contributed by atoms with Gasteiger partial charge in [-0.1, -0.05) is 18.2 Å². The van der Waals surface area contributed by atoms with Gasteiger partial charge in [0.15, 0.2) is 0 Å². The lowest BCUT2D eigenvalue weighted by Gasteiger charge is -2.06. The average Bonchev–Trinajstić information content (AvgIpc) is 2.89. The number of aromatic amines is 1. The normalized spacial score (nSPS) is 9.88. The van der Waals surface area contributed by atoms with Crippen molar-refractivity contribution in [3.05, 3.63) is 48.3 Å². The molecule has 0 aliphatic carbocycles. The van der Waals surface area contributed by atoms with E-state index in [4.69, 9.17) is 4.74 Å². The highest BCUT2D eigenvalue weighted by molar-refractivity contribution is 5.93. The van der Waals surface area contributed by atoms with Gasteiger partial charge in [-0.05, 0) is 12.1 Å². The van der Waals surface area contributed by atoms with Crippen LogP contribution in [0.3, 0.4) is 0 Å². The summed E-state index contributed by atoms with van der Waals surface area (Å²) in [5.41, 5.74) is 0.518. The number of aromatic nitrogens is 2. The molecule has 0 spiro atoms. The number of rotatable bonds is 5. The molecule has 1 heterocycles. The van der Waals surface area contributed by atoms with Crippen LogP contribution in [0.25, 0.3) is 0 Å². The number of carbonyl (C=O) groups excluding carboxylic acids is 1. The maximum atomic E-state index is 11.5. The third-order valence-corrected chi connectivity index (χ3v) is 2.16. The first-order chi connectivity index (χ1) is 8.36. The lowest BCUT2D eigenvalue weighted by atomic mass is 10.3. The van der Waals surface area contributed by atoms with E-state index in [9.17, 15) is 4.79 Å². The third-order valence-electron chi connectivity index (χ3n) is 2.16. The number of hydrogen-bond acceptors (Lipinski definition) is 3. The summed E-state index contributed by atoms with van der Waals surface area (Å²) in [6.45, 7) is 0.895. The van der Waals surface area contributed by atoms with Gasteiger partial charge >= 0.3 is 0 Å². The van der Waals surface area contributed by atoms with Gasteiger partial charge in [-0.2, -0.15) is 5.10 Å². The standard InChI is InChI=1S/C12H13N3O2/c16-12(10-8-14-15-9-10)13-6-7-17-11-4-2-1-3-5-11/h1-5,8-9H,6-7H2,(H,13,16)(H,14,15). The molecule has 0 unspecified atom stereocenters. The molecular weight excluding hydrogens is 218 g/mol. The van der Waals surface area contributed by atoms with E-state index in [1.165, 1.54) is 6.20 Å². The van der Waals surface area contributed by atoms with Crippen molar-refractivity contribution in [1.29, 1.82) is 0 Å². The van der Waals surface area contributed by atoms with Gasteiger partial charge < -0.3 is 10.1 Å². The smallest absolute Gasteiger partial charge is 0.254 e. The predicted octanol–water partition coefficient (Wildman–Crippen LogP) is 1.22. The minimum absolute atomic E-state index is 0.157. The van der Waals surface area contributed by atoms with E-state index in [0.717, 1.165) is 5.75 Å². The Hall–Kier alpha value is -2.30. The minimum atomic E-state index is -0.157. The molecule has 2 rings (SSSR count). The van der Waals surface area contributed by atoms with E-state index in [1.807, 2.05) is 30.3 Å². The van der Waals surface area contributed by atoms with Crippen LogP contribution in [0.2, 0.25) is 0 Å². The van der Waals surface area contributed by atoms with Gasteiger partial charge in [0.1, 0.15) is 12.4 Å². The van der Waals surface area contributed by atoms with Crippen LogP contribution in [-0.2, 0) is 0 Å². The Balaban J connectivity index is 1.69. The first kappa shape index (κ1) is 11.2. The molecule has 2 N–H and O–H groups in total. The summed E-state index contributed by atoms with van der Waals surface area (Å²) in [5, 5.41) is 9.02. The van der Waals surface area contributed by atoms with Crippen molar-refractivity contribution in [2.45, 2.75) is 0 Å². The highest BCUT2D eigenvalue weighted by Crippen LogP contribution is 2.07. The van der Waals surface area contributed by atoms with Gasteiger partial charge in [-0.15, -0.1) is 0 Å². The molecule has 2 aromatic rings. The van der Waals surface area contributed by atoms with E-state index in [0.29, 0.717) is 18.7 Å². The second kappa shape index (κ2) is 5.69. The van der Waals surface area contributed by atoms with Crippen molar-refractivity contribution in [3.8, 4) is 5.75 Å². The predicted molar refractivity (Wildman–Crippen MR) is 62.9 cm³/mol. The molecule has 1 aromatic heterocycles. The zero-order chi connectivity index (χ0) is 11.9. The van der Waals surface area contributed by atoms with E-state index in [2.05, 4.69) is 15.5 Å². The zero-order valence-electron chi connectivity index (χ0n) is 9.22. The number of hydrogen-bond donors (Lipinski definition) is 2. The topological polar surface area (TPSA) is 67.0 Å². The van der Waals surface area contributed by atoms with E-state index >= 15 is 0 Å². The first-order valence-electron chi connectivity index (χ1n) is 5.31. The minimum Gasteiger partial charge on any atom is -0.492 e. The SMILES string of the molecule is O=C(NCCOc1ccccc1)c1cn[nH]c1. The summed E-state index contributed by atoms with van der Waals surface area (Å²) in [7, 11) is 0. The van der Waals surface area contributed by atoms with Gasteiger partial charge in [0.05, 0.1) is 18.3 Å². The van der Waals surface area contributed by atoms with Gasteiger partial charge in [0.2, 0.25) is 0 Å². The summed E-state index contributed by atoms with van der Waals surface area (Å²) in [5.74, 6) is 0.639. The van der Waals surface area contributed by atoms with Crippen molar-refractivity contribution >= 4 is 5.91 Å². The van der Waals surface area contributed by atoms with E-state index in [1.54, 1.807) is 6.20 Å². The van der Waals surface area contributed by atoms with Crippen molar-refractivity contribution < 1.29 is 9.53 Å². The van der Waals surface area contributed by atoms with Gasteiger partial charge in [-0.3, -0.25) is 9.89 Å². The van der Waals surface area contributed by atoms with Gasteiger partial charge in [0.25, 0.3) is 5.91 Å². The van der Waals surface area contributed by atoms with Crippen LogP contribution in [0.5, 0.6) is 5.75 Å². The Morgan fingerprint density at radius 3 is 2.88 bits per heavy atom. The number of amides is 1. The van der Waals surface area contributed by atoms with Crippen LogP contribution in [0.1, 0.15) is 10.4 Å². The van der Waals surface area contributed by atoms with E-state index < -0.39 is 0 Å². The Labute approximate surface area is 98.8 Å². The Morgan fingerprint density at radius 2 is 2.18 bits per heavy atom. The first-order valence-corrected chi connectivity index (χ1v) is 5.31. The molecule has 1 amide bonds. The fourth-order valence-corrected chi connectivity index (χ4v) is 1.33. The number of H-pyrrole nitrogens is 1. The quantitative estimate of drug-likeness (QED) is 0.760. The number of nitrogens with one attached hydrogen (secondary N) is 2. The molecule has 0 bridgehead atoms. The molecule has 5 nitrogen and oxygen atoms in total. The Bertz CT molecular complexity index is 454. The molecule has 0 aliphatic rings. The fraction of sp³-hybridized carbons (Fsp3) is 0.167. The molecule has 0 saturated carbocycles. The molecule has 0 radical (unpaired) electrons. The number of nitrogens with zero attached hydrogens (tertiary/aromatic N) is 1. The summed E-state index contributed by atoms with van der Waals surface area (Å²) in [6, 6.07) is 9.47. The highest BCUT2D eigenvalue weighted by Gasteiger charge is 2.04. The summed E-state index contributed by atoms with van der Waals surface area (Å²) < 4.78 is 5.44. The molecule has 0 saturated heterocycles.